The molecule has 0 saturated carbocycles. The maximum absolute atomic E-state index is 5.72. The molecule has 0 aromatic carbocycles. The lowest BCUT2D eigenvalue weighted by Crippen LogP contribution is -2.23. The average Bonchev–Trinajstić information content (AvgIpc) is 2.83. The Morgan fingerprint density at radius 1 is 1.50 bits per heavy atom. The van der Waals surface area contributed by atoms with E-state index in [0.717, 1.165) is 36.1 Å². The molecule has 1 aromatic heterocycles. The van der Waals surface area contributed by atoms with Crippen LogP contribution < -0.4 is 0 Å². The predicted octanol–water partition coefficient (Wildman–Crippen LogP) is 3.43. The molecule has 1 aliphatic rings. The first-order chi connectivity index (χ1) is 7.61. The van der Waals surface area contributed by atoms with Gasteiger partial charge in [0, 0.05) is 18.8 Å². The smallest absolute Gasteiger partial charge is 0.114 e. The SMILES string of the molecule is CCc1ccc(CSC2(C)CN(C)CS2)o1. The van der Waals surface area contributed by atoms with Crippen LogP contribution in [0.2, 0.25) is 0 Å². The first-order valence-electron chi connectivity index (χ1n) is 5.65. The third kappa shape index (κ3) is 2.99. The summed E-state index contributed by atoms with van der Waals surface area (Å²) in [5, 5.41) is 0. The van der Waals surface area contributed by atoms with Crippen molar-refractivity contribution in [3.63, 3.8) is 0 Å². The molecule has 1 unspecified atom stereocenters. The van der Waals surface area contributed by atoms with Gasteiger partial charge in [-0.3, -0.25) is 4.90 Å². The molecule has 1 saturated heterocycles. The van der Waals surface area contributed by atoms with Crippen LogP contribution in [0.15, 0.2) is 16.5 Å². The number of hydrogen-bond donors (Lipinski definition) is 0. The second-order valence-corrected chi connectivity index (χ2v) is 7.62. The van der Waals surface area contributed by atoms with Crippen LogP contribution in [-0.4, -0.2) is 28.4 Å². The Hall–Kier alpha value is -0.0600. The van der Waals surface area contributed by atoms with Crippen molar-refractivity contribution in [1.29, 1.82) is 0 Å². The zero-order chi connectivity index (χ0) is 11.6. The molecule has 2 heterocycles. The molecule has 2 rings (SSSR count). The Morgan fingerprint density at radius 2 is 2.25 bits per heavy atom. The highest BCUT2D eigenvalue weighted by molar-refractivity contribution is 8.18. The monoisotopic (exact) mass is 257 g/mol. The summed E-state index contributed by atoms with van der Waals surface area (Å²) in [6.07, 6.45) is 0.986. The van der Waals surface area contributed by atoms with E-state index in [4.69, 9.17) is 4.42 Å². The Kier molecular flexibility index (Phi) is 3.93. The molecule has 16 heavy (non-hydrogen) atoms. The van der Waals surface area contributed by atoms with Crippen LogP contribution in [0.5, 0.6) is 0 Å². The zero-order valence-electron chi connectivity index (χ0n) is 10.2. The molecule has 2 nitrogen and oxygen atoms in total. The minimum atomic E-state index is 0.327. The molecule has 0 amide bonds. The normalized spacial score (nSPS) is 26.4. The van der Waals surface area contributed by atoms with Crippen molar-refractivity contribution in [3.8, 4) is 0 Å². The Morgan fingerprint density at radius 3 is 2.81 bits per heavy atom. The van der Waals surface area contributed by atoms with E-state index in [9.17, 15) is 0 Å². The summed E-state index contributed by atoms with van der Waals surface area (Å²) in [5.74, 6) is 4.33. The Balaban J connectivity index is 1.87. The van der Waals surface area contributed by atoms with Crippen molar-refractivity contribution >= 4 is 23.5 Å². The standard InChI is InChI=1S/C12H19NOS2/c1-4-10-5-6-11(14-10)7-15-12(2)8-13(3)9-16-12/h5-6H,4,7-9H2,1-3H3. The van der Waals surface area contributed by atoms with Crippen LogP contribution in [0.25, 0.3) is 0 Å². The third-order valence-electron chi connectivity index (χ3n) is 2.73. The molecule has 0 spiro atoms. The van der Waals surface area contributed by atoms with Crippen LogP contribution in [0.3, 0.4) is 0 Å². The fourth-order valence-electron chi connectivity index (χ4n) is 1.83. The lowest BCUT2D eigenvalue weighted by atomic mass is 10.4. The van der Waals surface area contributed by atoms with Gasteiger partial charge in [-0.05, 0) is 26.1 Å². The van der Waals surface area contributed by atoms with Crippen molar-refractivity contribution < 1.29 is 4.42 Å². The van der Waals surface area contributed by atoms with E-state index >= 15 is 0 Å². The van der Waals surface area contributed by atoms with Gasteiger partial charge in [0.15, 0.2) is 0 Å². The first-order valence-corrected chi connectivity index (χ1v) is 7.62. The number of aryl methyl sites for hydroxylation is 1. The van der Waals surface area contributed by atoms with Crippen LogP contribution in [0.4, 0.5) is 0 Å². The topological polar surface area (TPSA) is 16.4 Å². The van der Waals surface area contributed by atoms with E-state index < -0.39 is 0 Å². The summed E-state index contributed by atoms with van der Waals surface area (Å²) < 4.78 is 6.05. The van der Waals surface area contributed by atoms with Crippen molar-refractivity contribution in [2.45, 2.75) is 30.1 Å². The van der Waals surface area contributed by atoms with Gasteiger partial charge in [0.2, 0.25) is 0 Å². The van der Waals surface area contributed by atoms with E-state index in [2.05, 4.69) is 37.9 Å². The highest BCUT2D eigenvalue weighted by atomic mass is 32.2. The summed E-state index contributed by atoms with van der Waals surface area (Å²) in [6.45, 7) is 5.61. The number of nitrogens with zero attached hydrogens (tertiary/aromatic N) is 1. The number of thioether (sulfide) groups is 2. The van der Waals surface area contributed by atoms with Gasteiger partial charge in [0.1, 0.15) is 11.5 Å². The van der Waals surface area contributed by atoms with Crippen LogP contribution in [0, 0.1) is 0 Å². The fourth-order valence-corrected chi connectivity index (χ4v) is 4.31. The second-order valence-electron chi connectivity index (χ2n) is 4.43. The highest BCUT2D eigenvalue weighted by Gasteiger charge is 2.33. The number of hydrogen-bond acceptors (Lipinski definition) is 4. The first kappa shape index (κ1) is 12.4. The van der Waals surface area contributed by atoms with Crippen molar-refractivity contribution in [3.05, 3.63) is 23.7 Å². The molecule has 1 atom stereocenters. The van der Waals surface area contributed by atoms with Gasteiger partial charge in [-0.15, -0.1) is 23.5 Å². The maximum Gasteiger partial charge on any atom is 0.114 e. The van der Waals surface area contributed by atoms with Crippen LogP contribution >= 0.6 is 23.5 Å². The summed E-state index contributed by atoms with van der Waals surface area (Å²) in [7, 11) is 2.18. The van der Waals surface area contributed by atoms with Crippen LogP contribution in [-0.2, 0) is 12.2 Å². The minimum Gasteiger partial charge on any atom is -0.465 e. The molecule has 1 fully saturated rings. The van der Waals surface area contributed by atoms with E-state index in [1.807, 2.05) is 23.5 Å². The fraction of sp³-hybridized carbons (Fsp3) is 0.667. The van der Waals surface area contributed by atoms with Gasteiger partial charge in [-0.25, -0.2) is 0 Å². The highest BCUT2D eigenvalue weighted by Crippen LogP contribution is 2.43. The molecular formula is C12H19NOS2. The minimum absolute atomic E-state index is 0.327. The third-order valence-corrected chi connectivity index (χ3v) is 5.92. The molecule has 0 aliphatic carbocycles. The van der Waals surface area contributed by atoms with Gasteiger partial charge in [-0.2, -0.15) is 0 Å². The zero-order valence-corrected chi connectivity index (χ0v) is 11.8. The summed E-state index contributed by atoms with van der Waals surface area (Å²) in [6, 6.07) is 4.20. The van der Waals surface area contributed by atoms with Gasteiger partial charge >= 0.3 is 0 Å². The van der Waals surface area contributed by atoms with Crippen molar-refractivity contribution in [2.75, 3.05) is 19.5 Å². The molecule has 1 aliphatic heterocycles. The van der Waals surface area contributed by atoms with E-state index in [1.54, 1.807) is 0 Å². The van der Waals surface area contributed by atoms with E-state index in [0.29, 0.717) is 4.08 Å². The van der Waals surface area contributed by atoms with Gasteiger partial charge in [-0.1, -0.05) is 6.92 Å². The van der Waals surface area contributed by atoms with Crippen molar-refractivity contribution in [1.82, 2.24) is 4.90 Å². The average molecular weight is 257 g/mol. The maximum atomic E-state index is 5.72. The summed E-state index contributed by atoms with van der Waals surface area (Å²) in [4.78, 5) is 2.37. The molecule has 0 bridgehead atoms. The molecule has 90 valence electrons. The van der Waals surface area contributed by atoms with Crippen molar-refractivity contribution in [2.24, 2.45) is 0 Å². The lowest BCUT2D eigenvalue weighted by Gasteiger charge is -2.21. The summed E-state index contributed by atoms with van der Waals surface area (Å²) in [5.41, 5.74) is 0. The van der Waals surface area contributed by atoms with Gasteiger partial charge in [0.25, 0.3) is 0 Å². The van der Waals surface area contributed by atoms with E-state index in [1.165, 1.54) is 0 Å². The largest absolute Gasteiger partial charge is 0.465 e. The molecular weight excluding hydrogens is 238 g/mol. The predicted molar refractivity (Wildman–Crippen MR) is 72.9 cm³/mol. The van der Waals surface area contributed by atoms with E-state index in [-0.39, 0.29) is 0 Å². The molecule has 0 radical (unpaired) electrons. The molecule has 4 heteroatoms. The Labute approximate surface area is 106 Å². The Bertz CT molecular complexity index is 353. The molecule has 0 N–H and O–H groups in total. The number of furan rings is 1. The van der Waals surface area contributed by atoms with Crippen LogP contribution in [0.1, 0.15) is 25.4 Å². The molecule has 1 aromatic rings. The quantitative estimate of drug-likeness (QED) is 0.821. The second kappa shape index (κ2) is 5.07. The number of rotatable bonds is 4. The lowest BCUT2D eigenvalue weighted by molar-refractivity contribution is 0.412. The summed E-state index contributed by atoms with van der Waals surface area (Å²) >= 11 is 4.03. The van der Waals surface area contributed by atoms with Gasteiger partial charge in [0.05, 0.1) is 9.83 Å². The van der Waals surface area contributed by atoms with Gasteiger partial charge < -0.3 is 4.42 Å².